The molecule has 0 aliphatic heterocycles. The molecule has 0 spiro atoms. The molecule has 0 bridgehead atoms. The first-order chi connectivity index (χ1) is 11.6. The number of hydrogen-bond donors (Lipinski definition) is 0. The van der Waals surface area contributed by atoms with E-state index in [4.69, 9.17) is 0 Å². The minimum absolute atomic E-state index is 0.401. The quantitative estimate of drug-likeness (QED) is 0.568. The minimum atomic E-state index is -1.74. The third kappa shape index (κ3) is 3.76. The first-order valence-electron chi connectivity index (χ1n) is 8.89. The summed E-state index contributed by atoms with van der Waals surface area (Å²) in [6, 6.07) is 21.7. The molecule has 0 N–H and O–H groups in total. The summed E-state index contributed by atoms with van der Waals surface area (Å²) in [4.78, 5) is 11.9. The van der Waals surface area contributed by atoms with Gasteiger partial charge in [0.25, 0.3) is 0 Å². The van der Waals surface area contributed by atoms with E-state index < -0.39 is 8.07 Å². The lowest BCUT2D eigenvalue weighted by Gasteiger charge is -2.33. The SMILES string of the molecule is C[Si](C)(c1ccccc1)[C@H](/C=C1/CCCC(=O)C1)c1ccccc1. The largest absolute Gasteiger partial charge is 0.299 e. The number of ketones is 1. The van der Waals surface area contributed by atoms with Gasteiger partial charge in [0.05, 0.1) is 8.07 Å². The standard InChI is InChI=1S/C22H26OSi/c1-24(2,21-14-7-4-8-15-21)22(19-11-5-3-6-12-19)17-18-10-9-13-20(23)16-18/h3-8,11-12,14-15,17,22H,9-10,13,16H2,1-2H3/b18-17-/t22-/m1/s1. The third-order valence-electron chi connectivity index (χ3n) is 5.23. The first-order valence-corrected chi connectivity index (χ1v) is 12.0. The summed E-state index contributed by atoms with van der Waals surface area (Å²) < 4.78 is 0. The molecule has 3 rings (SSSR count). The van der Waals surface area contributed by atoms with Gasteiger partial charge in [-0.05, 0) is 18.4 Å². The molecule has 2 aromatic carbocycles. The van der Waals surface area contributed by atoms with E-state index in [0.717, 1.165) is 19.3 Å². The van der Waals surface area contributed by atoms with E-state index in [1.54, 1.807) is 0 Å². The predicted molar refractivity (Wildman–Crippen MR) is 104 cm³/mol. The van der Waals surface area contributed by atoms with Crippen molar-refractivity contribution in [1.82, 2.24) is 0 Å². The highest BCUT2D eigenvalue weighted by Crippen LogP contribution is 2.32. The van der Waals surface area contributed by atoms with E-state index in [2.05, 4.69) is 79.8 Å². The average Bonchev–Trinajstić information content (AvgIpc) is 2.61. The molecular formula is C22H26OSi. The second kappa shape index (κ2) is 7.31. The fourth-order valence-electron chi connectivity index (χ4n) is 3.75. The molecular weight excluding hydrogens is 308 g/mol. The van der Waals surface area contributed by atoms with Crippen molar-refractivity contribution in [2.75, 3.05) is 0 Å². The Morgan fingerprint density at radius 2 is 1.54 bits per heavy atom. The fraction of sp³-hybridized carbons (Fsp3) is 0.318. The van der Waals surface area contributed by atoms with Crippen LogP contribution >= 0.6 is 0 Å². The van der Waals surface area contributed by atoms with Crippen LogP contribution in [-0.4, -0.2) is 13.9 Å². The summed E-state index contributed by atoms with van der Waals surface area (Å²) in [7, 11) is -1.74. The predicted octanol–water partition coefficient (Wildman–Crippen LogP) is 4.99. The maximum atomic E-state index is 11.9. The monoisotopic (exact) mass is 334 g/mol. The number of carbonyl (C=O) groups is 1. The van der Waals surface area contributed by atoms with E-state index in [1.807, 2.05) is 0 Å². The molecule has 0 radical (unpaired) electrons. The number of Topliss-reactive ketones (excluding diaryl/α,β-unsaturated/α-hetero) is 1. The molecule has 0 amide bonds. The van der Waals surface area contributed by atoms with Crippen LogP contribution in [0.3, 0.4) is 0 Å². The summed E-state index contributed by atoms with van der Waals surface area (Å²) in [5.41, 5.74) is 3.13. The summed E-state index contributed by atoms with van der Waals surface area (Å²) in [5, 5.41) is 1.47. The van der Waals surface area contributed by atoms with Crippen LogP contribution in [0.25, 0.3) is 0 Å². The molecule has 0 heterocycles. The van der Waals surface area contributed by atoms with Crippen molar-refractivity contribution in [3.05, 3.63) is 77.9 Å². The molecule has 2 heteroatoms. The highest BCUT2D eigenvalue weighted by Gasteiger charge is 2.34. The van der Waals surface area contributed by atoms with Crippen LogP contribution in [0, 0.1) is 0 Å². The van der Waals surface area contributed by atoms with Gasteiger partial charge in [-0.25, -0.2) is 0 Å². The second-order valence-corrected chi connectivity index (χ2v) is 12.0. The molecule has 124 valence electrons. The molecule has 0 unspecified atom stereocenters. The van der Waals surface area contributed by atoms with Crippen molar-refractivity contribution >= 4 is 19.0 Å². The molecule has 1 nitrogen and oxygen atoms in total. The lowest BCUT2D eigenvalue weighted by Crippen LogP contribution is -2.47. The number of hydrogen-bond acceptors (Lipinski definition) is 1. The normalized spacial score (nSPS) is 18.6. The third-order valence-corrected chi connectivity index (χ3v) is 9.11. The smallest absolute Gasteiger partial charge is 0.136 e. The van der Waals surface area contributed by atoms with Gasteiger partial charge in [0.15, 0.2) is 0 Å². The van der Waals surface area contributed by atoms with Crippen LogP contribution in [0.15, 0.2) is 72.3 Å². The first kappa shape index (κ1) is 16.9. The lowest BCUT2D eigenvalue weighted by molar-refractivity contribution is -0.119. The van der Waals surface area contributed by atoms with Gasteiger partial charge < -0.3 is 0 Å². The lowest BCUT2D eigenvalue weighted by atomic mass is 9.92. The van der Waals surface area contributed by atoms with Gasteiger partial charge in [0.2, 0.25) is 0 Å². The molecule has 24 heavy (non-hydrogen) atoms. The van der Waals surface area contributed by atoms with Gasteiger partial charge in [-0.15, -0.1) is 0 Å². The summed E-state index contributed by atoms with van der Waals surface area (Å²) >= 11 is 0. The van der Waals surface area contributed by atoms with Crippen molar-refractivity contribution in [3.8, 4) is 0 Å². The zero-order valence-electron chi connectivity index (χ0n) is 14.7. The van der Waals surface area contributed by atoms with Crippen LogP contribution in [0.5, 0.6) is 0 Å². The van der Waals surface area contributed by atoms with E-state index >= 15 is 0 Å². The van der Waals surface area contributed by atoms with E-state index in [0.29, 0.717) is 17.7 Å². The zero-order chi connectivity index (χ0) is 17.0. The van der Waals surface area contributed by atoms with Gasteiger partial charge in [-0.2, -0.15) is 0 Å². The molecule has 1 atom stereocenters. The van der Waals surface area contributed by atoms with Crippen LogP contribution < -0.4 is 5.19 Å². The van der Waals surface area contributed by atoms with Crippen LogP contribution in [0.1, 0.15) is 36.8 Å². The molecule has 1 saturated carbocycles. The highest BCUT2D eigenvalue weighted by atomic mass is 28.3. The zero-order valence-corrected chi connectivity index (χ0v) is 15.7. The number of rotatable bonds is 4. The van der Waals surface area contributed by atoms with Gasteiger partial charge in [-0.3, -0.25) is 4.79 Å². The van der Waals surface area contributed by atoms with Gasteiger partial charge in [-0.1, -0.05) is 90.6 Å². The maximum Gasteiger partial charge on any atom is 0.136 e. The molecule has 0 saturated heterocycles. The van der Waals surface area contributed by atoms with Crippen LogP contribution in [0.2, 0.25) is 13.1 Å². The minimum Gasteiger partial charge on any atom is -0.299 e. The Hall–Kier alpha value is -1.93. The topological polar surface area (TPSA) is 17.1 Å². The maximum absolute atomic E-state index is 11.9. The highest BCUT2D eigenvalue weighted by molar-refractivity contribution is 6.91. The van der Waals surface area contributed by atoms with Crippen LogP contribution in [0.4, 0.5) is 0 Å². The molecule has 1 aliphatic carbocycles. The van der Waals surface area contributed by atoms with Crippen molar-refractivity contribution in [2.24, 2.45) is 0 Å². The van der Waals surface area contributed by atoms with Gasteiger partial charge >= 0.3 is 0 Å². The Morgan fingerprint density at radius 3 is 2.17 bits per heavy atom. The van der Waals surface area contributed by atoms with Crippen LogP contribution in [-0.2, 0) is 4.79 Å². The Kier molecular flexibility index (Phi) is 5.15. The summed E-state index contributed by atoms with van der Waals surface area (Å²) in [6.45, 7) is 4.89. The van der Waals surface area contributed by atoms with E-state index in [-0.39, 0.29) is 0 Å². The molecule has 2 aromatic rings. The Labute approximate surface area is 146 Å². The summed E-state index contributed by atoms with van der Waals surface area (Å²) in [5.74, 6) is 0.401. The second-order valence-electron chi connectivity index (χ2n) is 7.37. The Bertz CT molecular complexity index is 716. The Balaban J connectivity index is 2.02. The fourth-order valence-corrected chi connectivity index (χ4v) is 6.84. The average molecular weight is 335 g/mol. The molecule has 1 aliphatic rings. The van der Waals surface area contributed by atoms with E-state index in [1.165, 1.54) is 16.3 Å². The Morgan fingerprint density at radius 1 is 0.917 bits per heavy atom. The van der Waals surface area contributed by atoms with Crippen molar-refractivity contribution in [2.45, 2.75) is 44.3 Å². The van der Waals surface area contributed by atoms with Crippen molar-refractivity contribution in [3.63, 3.8) is 0 Å². The number of carbonyl (C=O) groups excluding carboxylic acids is 1. The van der Waals surface area contributed by atoms with E-state index in [9.17, 15) is 4.79 Å². The van der Waals surface area contributed by atoms with Gasteiger partial charge in [0, 0.05) is 18.4 Å². The number of allylic oxidation sites excluding steroid dienone is 2. The van der Waals surface area contributed by atoms with Crippen molar-refractivity contribution < 1.29 is 4.79 Å². The van der Waals surface area contributed by atoms with Gasteiger partial charge in [0.1, 0.15) is 5.78 Å². The number of benzene rings is 2. The molecule has 0 aromatic heterocycles. The summed E-state index contributed by atoms with van der Waals surface area (Å²) in [6.07, 6.45) is 5.94. The molecule has 1 fully saturated rings. The van der Waals surface area contributed by atoms with Crippen molar-refractivity contribution in [1.29, 1.82) is 0 Å².